The van der Waals surface area contributed by atoms with Gasteiger partial charge >= 0.3 is 0 Å². The molecule has 0 saturated heterocycles. The highest BCUT2D eigenvalue weighted by atomic mass is 32.2. The predicted octanol–water partition coefficient (Wildman–Crippen LogP) is 1.94. The Hall–Kier alpha value is -1.15. The lowest BCUT2D eigenvalue weighted by Gasteiger charge is -2.12. The first kappa shape index (κ1) is 16.2. The van der Waals surface area contributed by atoms with Gasteiger partial charge < -0.3 is 10.3 Å². The molecule has 0 aliphatic heterocycles. The number of rotatable bonds is 7. The van der Waals surface area contributed by atoms with Crippen LogP contribution in [0.15, 0.2) is 34.0 Å². The minimum absolute atomic E-state index is 0.157. The van der Waals surface area contributed by atoms with E-state index in [4.69, 9.17) is 5.73 Å². The molecule has 21 heavy (non-hydrogen) atoms. The van der Waals surface area contributed by atoms with Crippen LogP contribution >= 0.6 is 11.3 Å². The molecule has 0 aliphatic carbocycles. The largest absolute Gasteiger partial charge is 0.349 e. The summed E-state index contributed by atoms with van der Waals surface area (Å²) in [6, 6.07) is 3.49. The van der Waals surface area contributed by atoms with Crippen LogP contribution in [-0.4, -0.2) is 19.0 Å². The van der Waals surface area contributed by atoms with Crippen LogP contribution in [0.2, 0.25) is 0 Å². The Morgan fingerprint density at radius 1 is 1.48 bits per heavy atom. The minimum Gasteiger partial charge on any atom is -0.349 e. The van der Waals surface area contributed by atoms with Gasteiger partial charge in [0.2, 0.25) is 10.0 Å². The van der Waals surface area contributed by atoms with Crippen molar-refractivity contribution in [1.82, 2.24) is 9.29 Å². The molecule has 2 rings (SSSR count). The predicted molar refractivity (Wildman–Crippen MR) is 85.8 cm³/mol. The molecule has 0 aromatic carbocycles. The second-order valence-corrected chi connectivity index (χ2v) is 7.51. The fourth-order valence-electron chi connectivity index (χ4n) is 2.28. The van der Waals surface area contributed by atoms with Crippen LogP contribution in [0.4, 0.5) is 0 Å². The molecule has 0 bridgehead atoms. The van der Waals surface area contributed by atoms with E-state index in [1.807, 2.05) is 35.2 Å². The smallest absolute Gasteiger partial charge is 0.242 e. The maximum atomic E-state index is 12.4. The maximum absolute atomic E-state index is 12.4. The fraction of sp³-hybridized carbons (Fsp3) is 0.429. The minimum atomic E-state index is -3.51. The van der Waals surface area contributed by atoms with E-state index in [0.29, 0.717) is 19.5 Å². The standard InChI is InChI=1S/C14H21N3O2S2/c1-3-17-9-14(7-13(17)8-15)21(18,19)16-11(2)6-12-4-5-20-10-12/h4-5,7,9-11,16H,3,6,8,15H2,1-2H3. The topological polar surface area (TPSA) is 77.1 Å². The molecule has 1 atom stereocenters. The third-order valence-electron chi connectivity index (χ3n) is 3.30. The van der Waals surface area contributed by atoms with Crippen LogP contribution in [0.1, 0.15) is 25.1 Å². The Balaban J connectivity index is 2.12. The summed E-state index contributed by atoms with van der Waals surface area (Å²) in [4.78, 5) is 0.280. The van der Waals surface area contributed by atoms with Gasteiger partial charge in [-0.3, -0.25) is 0 Å². The molecule has 2 heterocycles. The summed E-state index contributed by atoms with van der Waals surface area (Å²) in [5.41, 5.74) is 7.60. The first-order valence-corrected chi connectivity index (χ1v) is 9.31. The summed E-state index contributed by atoms with van der Waals surface area (Å²) in [5, 5.41) is 4.02. The number of sulfonamides is 1. The van der Waals surface area contributed by atoms with Gasteiger partial charge in [0.1, 0.15) is 0 Å². The molecule has 0 saturated carbocycles. The van der Waals surface area contributed by atoms with E-state index in [2.05, 4.69) is 4.72 Å². The average molecular weight is 327 g/mol. The Morgan fingerprint density at radius 2 is 2.24 bits per heavy atom. The summed E-state index contributed by atoms with van der Waals surface area (Å²) in [6.45, 7) is 4.86. The first-order valence-electron chi connectivity index (χ1n) is 6.88. The van der Waals surface area contributed by atoms with Crippen LogP contribution in [0.25, 0.3) is 0 Å². The van der Waals surface area contributed by atoms with Gasteiger partial charge in [0.05, 0.1) is 4.90 Å². The van der Waals surface area contributed by atoms with Crippen LogP contribution < -0.4 is 10.5 Å². The van der Waals surface area contributed by atoms with Crippen molar-refractivity contribution in [2.24, 2.45) is 5.73 Å². The Labute approximate surface area is 129 Å². The van der Waals surface area contributed by atoms with E-state index in [-0.39, 0.29) is 10.9 Å². The third-order valence-corrected chi connectivity index (χ3v) is 5.59. The van der Waals surface area contributed by atoms with E-state index >= 15 is 0 Å². The summed E-state index contributed by atoms with van der Waals surface area (Å²) >= 11 is 1.61. The molecule has 0 radical (unpaired) electrons. The second-order valence-electron chi connectivity index (χ2n) is 5.02. The summed E-state index contributed by atoms with van der Waals surface area (Å²) < 4.78 is 29.4. The SMILES string of the molecule is CCn1cc(S(=O)(=O)NC(C)Cc2ccsc2)cc1CN. The van der Waals surface area contributed by atoms with Crippen molar-refractivity contribution < 1.29 is 8.42 Å². The summed E-state index contributed by atoms with van der Waals surface area (Å²) in [6.07, 6.45) is 2.32. The molecule has 5 nitrogen and oxygen atoms in total. The summed E-state index contributed by atoms with van der Waals surface area (Å²) in [7, 11) is -3.51. The van der Waals surface area contributed by atoms with E-state index in [0.717, 1.165) is 11.3 Å². The zero-order chi connectivity index (χ0) is 15.5. The fourth-order valence-corrected chi connectivity index (χ4v) is 4.26. The highest BCUT2D eigenvalue weighted by Crippen LogP contribution is 2.16. The number of hydrogen-bond donors (Lipinski definition) is 2. The molecule has 0 amide bonds. The van der Waals surface area contributed by atoms with Crippen LogP contribution in [0, 0.1) is 0 Å². The van der Waals surface area contributed by atoms with Gasteiger partial charge in [-0.05, 0) is 48.7 Å². The molecule has 7 heteroatoms. The van der Waals surface area contributed by atoms with Crippen molar-refractivity contribution in [1.29, 1.82) is 0 Å². The monoisotopic (exact) mass is 327 g/mol. The van der Waals surface area contributed by atoms with Crippen molar-refractivity contribution >= 4 is 21.4 Å². The van der Waals surface area contributed by atoms with Crippen LogP contribution in [-0.2, 0) is 29.5 Å². The molecular formula is C14H21N3O2S2. The van der Waals surface area contributed by atoms with Crippen molar-refractivity contribution in [2.75, 3.05) is 0 Å². The molecule has 0 fully saturated rings. The molecule has 2 aromatic heterocycles. The molecule has 2 aromatic rings. The zero-order valence-corrected chi connectivity index (χ0v) is 13.9. The number of nitrogens with one attached hydrogen (secondary N) is 1. The summed E-state index contributed by atoms with van der Waals surface area (Å²) in [5.74, 6) is 0. The molecule has 3 N–H and O–H groups in total. The van der Waals surface area contributed by atoms with Gasteiger partial charge in [-0.15, -0.1) is 0 Å². The van der Waals surface area contributed by atoms with Gasteiger partial charge in [-0.25, -0.2) is 13.1 Å². The Bertz CT molecular complexity index is 654. The van der Waals surface area contributed by atoms with Gasteiger partial charge in [-0.1, -0.05) is 0 Å². The zero-order valence-electron chi connectivity index (χ0n) is 12.2. The van der Waals surface area contributed by atoms with Crippen molar-refractivity contribution in [3.05, 3.63) is 40.3 Å². The van der Waals surface area contributed by atoms with Crippen molar-refractivity contribution in [3.63, 3.8) is 0 Å². The number of aromatic nitrogens is 1. The van der Waals surface area contributed by atoms with Crippen LogP contribution in [0.3, 0.4) is 0 Å². The first-order chi connectivity index (χ1) is 9.96. The van der Waals surface area contributed by atoms with Crippen molar-refractivity contribution in [2.45, 2.75) is 44.3 Å². The van der Waals surface area contributed by atoms with Crippen LogP contribution in [0.5, 0.6) is 0 Å². The van der Waals surface area contributed by atoms with Gasteiger partial charge in [0, 0.05) is 31.0 Å². The number of thiophene rings is 1. The van der Waals surface area contributed by atoms with Gasteiger partial charge in [-0.2, -0.15) is 11.3 Å². The quantitative estimate of drug-likeness (QED) is 0.816. The molecular weight excluding hydrogens is 306 g/mol. The lowest BCUT2D eigenvalue weighted by Crippen LogP contribution is -2.33. The number of hydrogen-bond acceptors (Lipinski definition) is 4. The molecule has 1 unspecified atom stereocenters. The van der Waals surface area contributed by atoms with Gasteiger partial charge in [0.15, 0.2) is 0 Å². The maximum Gasteiger partial charge on any atom is 0.242 e. The lowest BCUT2D eigenvalue weighted by molar-refractivity contribution is 0.559. The van der Waals surface area contributed by atoms with Crippen molar-refractivity contribution in [3.8, 4) is 0 Å². The lowest BCUT2D eigenvalue weighted by atomic mass is 10.1. The van der Waals surface area contributed by atoms with E-state index in [9.17, 15) is 8.42 Å². The number of nitrogens with zero attached hydrogens (tertiary/aromatic N) is 1. The Morgan fingerprint density at radius 3 is 2.76 bits per heavy atom. The molecule has 116 valence electrons. The highest BCUT2D eigenvalue weighted by Gasteiger charge is 2.20. The number of aryl methyl sites for hydroxylation is 1. The van der Waals surface area contributed by atoms with E-state index in [1.165, 1.54) is 0 Å². The Kier molecular flexibility index (Phi) is 5.21. The average Bonchev–Trinajstić information content (AvgIpc) is 3.06. The normalized spacial score (nSPS) is 13.5. The highest BCUT2D eigenvalue weighted by molar-refractivity contribution is 7.89. The second kappa shape index (κ2) is 6.74. The molecule has 0 spiro atoms. The van der Waals surface area contributed by atoms with E-state index < -0.39 is 10.0 Å². The van der Waals surface area contributed by atoms with Gasteiger partial charge in [0.25, 0.3) is 0 Å². The number of nitrogens with two attached hydrogens (primary N) is 1. The third kappa shape index (κ3) is 3.94. The van der Waals surface area contributed by atoms with E-state index in [1.54, 1.807) is 23.6 Å². The molecule has 0 aliphatic rings.